The summed E-state index contributed by atoms with van der Waals surface area (Å²) in [6.07, 6.45) is -0.469. The molecule has 1 saturated heterocycles. The van der Waals surface area contributed by atoms with Gasteiger partial charge in [0.15, 0.2) is 0 Å². The topological polar surface area (TPSA) is 114 Å². The highest BCUT2D eigenvalue weighted by molar-refractivity contribution is 5.77. The van der Waals surface area contributed by atoms with E-state index in [-0.39, 0.29) is 19.8 Å². The average molecular weight is 515 g/mol. The van der Waals surface area contributed by atoms with Crippen molar-refractivity contribution in [3.8, 4) is 0 Å². The third-order valence-electron chi connectivity index (χ3n) is 6.32. The standard InChI is InChI=1S/C29H30N4O5/c30-32-31-25-16-17-27(38-28(25)34)26(21-36-19-23-12-6-2-7-13-23)33(18-22-10-4-1-5-11-22)29(35)37-20-24-14-8-3-9-15-24/h1-15,25-27H,16-21H2/t25?,26-,27-/m0/s1. The van der Waals surface area contributed by atoms with Crippen molar-refractivity contribution < 1.29 is 23.8 Å². The predicted octanol–water partition coefficient (Wildman–Crippen LogP) is 5.80. The zero-order chi connectivity index (χ0) is 26.6. The Kier molecular flexibility index (Phi) is 9.73. The maximum atomic E-state index is 13.5. The van der Waals surface area contributed by atoms with E-state index in [2.05, 4.69) is 10.0 Å². The molecule has 0 N–H and O–H groups in total. The van der Waals surface area contributed by atoms with Crippen LogP contribution in [0.1, 0.15) is 29.5 Å². The Morgan fingerprint density at radius 3 is 2.08 bits per heavy atom. The molecule has 0 saturated carbocycles. The highest BCUT2D eigenvalue weighted by atomic mass is 16.6. The van der Waals surface area contributed by atoms with E-state index in [0.717, 1.165) is 16.7 Å². The van der Waals surface area contributed by atoms with E-state index in [9.17, 15) is 9.59 Å². The molecule has 0 spiro atoms. The second kappa shape index (κ2) is 13.8. The van der Waals surface area contributed by atoms with Crippen LogP contribution < -0.4 is 0 Å². The summed E-state index contributed by atoms with van der Waals surface area (Å²) in [6.45, 7) is 0.789. The van der Waals surface area contributed by atoms with E-state index in [1.54, 1.807) is 4.90 Å². The van der Waals surface area contributed by atoms with Crippen LogP contribution in [-0.2, 0) is 38.8 Å². The number of carbonyl (C=O) groups is 2. The molecule has 196 valence electrons. The number of nitrogens with zero attached hydrogens (tertiary/aromatic N) is 4. The lowest BCUT2D eigenvalue weighted by Gasteiger charge is -2.38. The number of hydrogen-bond donors (Lipinski definition) is 0. The summed E-state index contributed by atoms with van der Waals surface area (Å²) in [5.74, 6) is -0.607. The Morgan fingerprint density at radius 2 is 1.50 bits per heavy atom. The molecular formula is C29H30N4O5. The highest BCUT2D eigenvalue weighted by Crippen LogP contribution is 2.25. The van der Waals surface area contributed by atoms with Crippen LogP contribution in [0.4, 0.5) is 4.79 Å². The lowest BCUT2D eigenvalue weighted by molar-refractivity contribution is -0.162. The average Bonchev–Trinajstić information content (AvgIpc) is 2.96. The minimum Gasteiger partial charge on any atom is -0.460 e. The van der Waals surface area contributed by atoms with Gasteiger partial charge in [-0.1, -0.05) is 96.1 Å². The summed E-state index contributed by atoms with van der Waals surface area (Å²) in [7, 11) is 0. The van der Waals surface area contributed by atoms with Gasteiger partial charge in [-0.15, -0.1) is 0 Å². The van der Waals surface area contributed by atoms with Gasteiger partial charge in [-0.05, 0) is 35.1 Å². The summed E-state index contributed by atoms with van der Waals surface area (Å²) in [6, 6.07) is 27.2. The number of rotatable bonds is 11. The Balaban J connectivity index is 1.56. The number of ether oxygens (including phenoxy) is 3. The molecule has 0 aliphatic carbocycles. The van der Waals surface area contributed by atoms with E-state index < -0.39 is 30.3 Å². The van der Waals surface area contributed by atoms with Gasteiger partial charge in [0.05, 0.1) is 19.3 Å². The molecule has 1 heterocycles. The number of azide groups is 1. The number of hydrogen-bond acceptors (Lipinski definition) is 6. The monoisotopic (exact) mass is 514 g/mol. The van der Waals surface area contributed by atoms with Crippen LogP contribution >= 0.6 is 0 Å². The predicted molar refractivity (Wildman–Crippen MR) is 141 cm³/mol. The van der Waals surface area contributed by atoms with Gasteiger partial charge in [0.2, 0.25) is 0 Å². The molecular weight excluding hydrogens is 484 g/mol. The minimum absolute atomic E-state index is 0.103. The molecule has 3 aromatic carbocycles. The Hall–Kier alpha value is -4.33. The number of amides is 1. The molecule has 1 amide bonds. The van der Waals surface area contributed by atoms with Gasteiger partial charge < -0.3 is 14.2 Å². The zero-order valence-corrected chi connectivity index (χ0v) is 21.0. The molecule has 9 nitrogen and oxygen atoms in total. The molecule has 0 aromatic heterocycles. The van der Waals surface area contributed by atoms with Crippen LogP contribution in [0.3, 0.4) is 0 Å². The first-order valence-electron chi connectivity index (χ1n) is 12.5. The first kappa shape index (κ1) is 26.7. The largest absolute Gasteiger partial charge is 0.460 e. The fourth-order valence-electron chi connectivity index (χ4n) is 4.33. The maximum absolute atomic E-state index is 13.5. The first-order chi connectivity index (χ1) is 18.6. The molecule has 0 radical (unpaired) electrons. The van der Waals surface area contributed by atoms with Crippen LogP contribution in [-0.4, -0.2) is 41.8 Å². The third kappa shape index (κ3) is 7.59. The lowest BCUT2D eigenvalue weighted by atomic mass is 9.98. The van der Waals surface area contributed by atoms with Crippen LogP contribution in [0.15, 0.2) is 96.1 Å². The molecule has 1 aliphatic heterocycles. The quantitative estimate of drug-likeness (QED) is 0.139. The minimum atomic E-state index is -0.880. The van der Waals surface area contributed by atoms with E-state index in [4.69, 9.17) is 19.7 Å². The van der Waals surface area contributed by atoms with Crippen molar-refractivity contribution in [2.75, 3.05) is 6.61 Å². The van der Waals surface area contributed by atoms with Crippen molar-refractivity contribution in [1.29, 1.82) is 0 Å². The van der Waals surface area contributed by atoms with E-state index in [0.29, 0.717) is 19.4 Å². The van der Waals surface area contributed by atoms with Crippen molar-refractivity contribution in [3.05, 3.63) is 118 Å². The molecule has 3 aromatic rings. The van der Waals surface area contributed by atoms with Crippen molar-refractivity contribution in [1.82, 2.24) is 4.90 Å². The zero-order valence-electron chi connectivity index (χ0n) is 21.0. The van der Waals surface area contributed by atoms with Crippen LogP contribution in [0.25, 0.3) is 10.4 Å². The first-order valence-corrected chi connectivity index (χ1v) is 12.5. The normalized spacial score (nSPS) is 17.5. The summed E-state index contributed by atoms with van der Waals surface area (Å²) in [4.78, 5) is 30.4. The smallest absolute Gasteiger partial charge is 0.410 e. The Bertz CT molecular complexity index is 1220. The van der Waals surface area contributed by atoms with Gasteiger partial charge in [-0.3, -0.25) is 9.69 Å². The highest BCUT2D eigenvalue weighted by Gasteiger charge is 2.39. The van der Waals surface area contributed by atoms with Gasteiger partial charge in [0.25, 0.3) is 0 Å². The van der Waals surface area contributed by atoms with Crippen LogP contribution in [0.5, 0.6) is 0 Å². The number of carbonyl (C=O) groups excluding carboxylic acids is 2. The molecule has 1 aliphatic rings. The molecule has 9 heteroatoms. The molecule has 38 heavy (non-hydrogen) atoms. The molecule has 1 fully saturated rings. The van der Waals surface area contributed by atoms with Gasteiger partial charge >= 0.3 is 12.1 Å². The maximum Gasteiger partial charge on any atom is 0.410 e. The second-order valence-corrected chi connectivity index (χ2v) is 9.00. The third-order valence-corrected chi connectivity index (χ3v) is 6.32. The summed E-state index contributed by atoms with van der Waals surface area (Å²) < 4.78 is 17.5. The molecule has 4 rings (SSSR count). The van der Waals surface area contributed by atoms with Gasteiger partial charge in [-0.2, -0.15) is 0 Å². The number of cyclic esters (lactones) is 1. The SMILES string of the molecule is [N-]=[N+]=NC1CC[C@@H]([C@H](COCc2ccccc2)N(Cc2ccccc2)C(=O)OCc2ccccc2)OC1=O. The van der Waals surface area contributed by atoms with Crippen molar-refractivity contribution in [2.24, 2.45) is 5.11 Å². The molecule has 1 unspecified atom stereocenters. The Morgan fingerprint density at radius 1 is 0.921 bits per heavy atom. The van der Waals surface area contributed by atoms with E-state index in [1.807, 2.05) is 91.0 Å². The van der Waals surface area contributed by atoms with Crippen LogP contribution in [0.2, 0.25) is 0 Å². The van der Waals surface area contributed by atoms with Crippen molar-refractivity contribution >= 4 is 12.1 Å². The van der Waals surface area contributed by atoms with E-state index >= 15 is 0 Å². The number of esters is 1. The fraction of sp³-hybridized carbons (Fsp3) is 0.310. The van der Waals surface area contributed by atoms with Crippen LogP contribution in [0, 0.1) is 0 Å². The van der Waals surface area contributed by atoms with Gasteiger partial charge in [0.1, 0.15) is 18.8 Å². The summed E-state index contributed by atoms with van der Waals surface area (Å²) >= 11 is 0. The Labute approximate surface area is 221 Å². The van der Waals surface area contributed by atoms with Gasteiger partial charge in [-0.25, -0.2) is 4.79 Å². The van der Waals surface area contributed by atoms with Crippen molar-refractivity contribution in [2.45, 2.75) is 50.8 Å². The molecule has 3 atom stereocenters. The summed E-state index contributed by atoms with van der Waals surface area (Å²) in [5.41, 5.74) is 11.5. The van der Waals surface area contributed by atoms with E-state index in [1.165, 1.54) is 0 Å². The van der Waals surface area contributed by atoms with Crippen molar-refractivity contribution in [3.63, 3.8) is 0 Å². The summed E-state index contributed by atoms with van der Waals surface area (Å²) in [5, 5.41) is 3.54. The van der Waals surface area contributed by atoms with Gasteiger partial charge in [0, 0.05) is 11.5 Å². The molecule has 0 bridgehead atoms. The fourth-order valence-corrected chi connectivity index (χ4v) is 4.33. The lowest BCUT2D eigenvalue weighted by Crippen LogP contribution is -2.53. The number of benzene rings is 3. The second-order valence-electron chi connectivity index (χ2n) is 9.00.